The van der Waals surface area contributed by atoms with Crippen LogP contribution in [0.1, 0.15) is 15.4 Å². The Morgan fingerprint density at radius 2 is 1.87 bits per heavy atom. The van der Waals surface area contributed by atoms with Gasteiger partial charge in [-0.3, -0.25) is 9.78 Å². The summed E-state index contributed by atoms with van der Waals surface area (Å²) < 4.78 is 5.54. The molecule has 1 amide bonds. The summed E-state index contributed by atoms with van der Waals surface area (Å²) in [4.78, 5) is 31.1. The molecule has 156 valence electrons. The van der Waals surface area contributed by atoms with E-state index in [2.05, 4.69) is 14.9 Å². The number of pyridine rings is 1. The van der Waals surface area contributed by atoms with E-state index in [1.165, 1.54) is 11.3 Å². The van der Waals surface area contributed by atoms with Crippen LogP contribution >= 0.6 is 11.3 Å². The summed E-state index contributed by atoms with van der Waals surface area (Å²) in [7, 11) is 0. The van der Waals surface area contributed by atoms with Crippen molar-refractivity contribution in [2.45, 2.75) is 6.92 Å². The largest absolute Gasteiger partial charge is 0.469 e. The monoisotopic (exact) mass is 431 g/mol. The first-order chi connectivity index (χ1) is 15.2. The quantitative estimate of drug-likeness (QED) is 0.484. The molecule has 0 aliphatic carbocycles. The molecule has 4 aromatic heterocycles. The van der Waals surface area contributed by atoms with Gasteiger partial charge in [0.1, 0.15) is 5.76 Å². The Hall–Kier alpha value is -3.52. The molecule has 0 atom stereocenters. The lowest BCUT2D eigenvalue weighted by Crippen LogP contribution is -2.49. The minimum atomic E-state index is 0.0957. The highest BCUT2D eigenvalue weighted by Gasteiger charge is 2.25. The summed E-state index contributed by atoms with van der Waals surface area (Å²) in [6.45, 7) is 4.60. The van der Waals surface area contributed by atoms with E-state index in [4.69, 9.17) is 9.40 Å². The minimum Gasteiger partial charge on any atom is -0.469 e. The van der Waals surface area contributed by atoms with Crippen molar-refractivity contribution in [2.24, 2.45) is 0 Å². The van der Waals surface area contributed by atoms with Gasteiger partial charge in [0.15, 0.2) is 0 Å². The molecule has 0 N–H and O–H groups in total. The van der Waals surface area contributed by atoms with E-state index in [9.17, 15) is 4.79 Å². The third kappa shape index (κ3) is 3.82. The molecule has 4 aromatic rings. The maximum Gasteiger partial charge on any atom is 0.264 e. The van der Waals surface area contributed by atoms with E-state index >= 15 is 0 Å². The van der Waals surface area contributed by atoms with Crippen molar-refractivity contribution >= 4 is 23.2 Å². The van der Waals surface area contributed by atoms with Gasteiger partial charge in [-0.25, -0.2) is 9.97 Å². The number of aromatic nitrogens is 3. The highest BCUT2D eigenvalue weighted by molar-refractivity contribution is 7.12. The third-order valence-corrected chi connectivity index (χ3v) is 6.32. The predicted molar refractivity (Wildman–Crippen MR) is 120 cm³/mol. The molecule has 31 heavy (non-hydrogen) atoms. The summed E-state index contributed by atoms with van der Waals surface area (Å²) in [5.41, 5.74) is 3.71. The summed E-state index contributed by atoms with van der Waals surface area (Å²) >= 11 is 1.48. The lowest BCUT2D eigenvalue weighted by atomic mass is 10.0. The molecule has 5 rings (SSSR count). The van der Waals surface area contributed by atoms with Gasteiger partial charge in [-0.15, -0.1) is 11.3 Å². The number of hydrogen-bond donors (Lipinski definition) is 0. The Labute approximate surface area is 184 Å². The third-order valence-electron chi connectivity index (χ3n) is 5.46. The first-order valence-corrected chi connectivity index (χ1v) is 11.0. The highest BCUT2D eigenvalue weighted by Crippen LogP contribution is 2.33. The van der Waals surface area contributed by atoms with E-state index in [1.54, 1.807) is 18.7 Å². The molecule has 7 nitrogen and oxygen atoms in total. The lowest BCUT2D eigenvalue weighted by Gasteiger charge is -2.34. The molecule has 1 saturated heterocycles. The number of hydrogen-bond acceptors (Lipinski definition) is 7. The number of piperazine rings is 1. The maximum atomic E-state index is 12.6. The normalized spacial score (nSPS) is 14.1. The van der Waals surface area contributed by atoms with Crippen molar-refractivity contribution in [1.29, 1.82) is 0 Å². The molecular formula is C23H21N5O2S. The van der Waals surface area contributed by atoms with E-state index < -0.39 is 0 Å². The van der Waals surface area contributed by atoms with Gasteiger partial charge in [0.2, 0.25) is 5.95 Å². The minimum absolute atomic E-state index is 0.0957. The van der Waals surface area contributed by atoms with Gasteiger partial charge >= 0.3 is 0 Å². The number of anilines is 1. The van der Waals surface area contributed by atoms with Gasteiger partial charge in [-0.05, 0) is 42.1 Å². The van der Waals surface area contributed by atoms with Gasteiger partial charge in [0.25, 0.3) is 5.91 Å². The summed E-state index contributed by atoms with van der Waals surface area (Å²) in [5, 5.41) is 1.93. The summed E-state index contributed by atoms with van der Waals surface area (Å²) in [6, 6.07) is 9.62. The summed E-state index contributed by atoms with van der Waals surface area (Å²) in [5.74, 6) is 1.57. The van der Waals surface area contributed by atoms with Crippen molar-refractivity contribution < 1.29 is 9.21 Å². The van der Waals surface area contributed by atoms with Gasteiger partial charge in [-0.2, -0.15) is 0 Å². The molecule has 0 saturated carbocycles. The van der Waals surface area contributed by atoms with Gasteiger partial charge < -0.3 is 14.2 Å². The topological polar surface area (TPSA) is 75.4 Å². The van der Waals surface area contributed by atoms with Crippen LogP contribution in [-0.4, -0.2) is 51.9 Å². The Morgan fingerprint density at radius 3 is 2.55 bits per heavy atom. The fourth-order valence-corrected chi connectivity index (χ4v) is 4.46. The molecule has 0 aromatic carbocycles. The number of amides is 1. The maximum absolute atomic E-state index is 12.6. The standard InChI is InChI=1S/C23H21N5O2S/c1-16-18(6-13-30-16)21-19(17-4-7-24-8-5-17)15-25-23(26-21)28-11-9-27(10-12-28)22(29)20-3-2-14-31-20/h2-8,13-15H,9-12H2,1H3. The van der Waals surface area contributed by atoms with E-state index in [1.807, 2.05) is 53.7 Å². The fourth-order valence-electron chi connectivity index (χ4n) is 3.77. The van der Waals surface area contributed by atoms with Crippen LogP contribution in [0.25, 0.3) is 22.4 Å². The van der Waals surface area contributed by atoms with Crippen LogP contribution in [0.3, 0.4) is 0 Å². The Bertz CT molecular complexity index is 1180. The van der Waals surface area contributed by atoms with Crippen LogP contribution in [0.2, 0.25) is 0 Å². The highest BCUT2D eigenvalue weighted by atomic mass is 32.1. The number of aryl methyl sites for hydroxylation is 1. The van der Waals surface area contributed by atoms with Crippen molar-refractivity contribution in [3.8, 4) is 22.4 Å². The lowest BCUT2D eigenvalue weighted by molar-refractivity contribution is 0.0751. The van der Waals surface area contributed by atoms with Gasteiger partial charge in [0.05, 0.1) is 16.8 Å². The van der Waals surface area contributed by atoms with Crippen LogP contribution in [0, 0.1) is 6.92 Å². The molecule has 0 unspecified atom stereocenters. The van der Waals surface area contributed by atoms with Gasteiger partial charge in [0, 0.05) is 55.9 Å². The van der Waals surface area contributed by atoms with E-state index in [0.717, 1.165) is 33.0 Å². The Kier molecular flexibility index (Phi) is 5.21. The number of thiophene rings is 1. The van der Waals surface area contributed by atoms with Crippen molar-refractivity contribution in [1.82, 2.24) is 19.9 Å². The molecule has 1 aliphatic heterocycles. The van der Waals surface area contributed by atoms with Crippen LogP contribution in [0.4, 0.5) is 5.95 Å². The fraction of sp³-hybridized carbons (Fsp3) is 0.217. The average molecular weight is 432 g/mol. The first kappa shape index (κ1) is 19.4. The Balaban J connectivity index is 1.42. The van der Waals surface area contributed by atoms with E-state index in [-0.39, 0.29) is 5.91 Å². The van der Waals surface area contributed by atoms with Gasteiger partial charge in [-0.1, -0.05) is 6.07 Å². The average Bonchev–Trinajstić information content (AvgIpc) is 3.51. The van der Waals surface area contributed by atoms with Crippen LogP contribution in [0.5, 0.6) is 0 Å². The van der Waals surface area contributed by atoms with Crippen molar-refractivity contribution in [3.63, 3.8) is 0 Å². The van der Waals surface area contributed by atoms with Crippen LogP contribution < -0.4 is 4.90 Å². The summed E-state index contributed by atoms with van der Waals surface area (Å²) in [6.07, 6.45) is 7.07. The molecule has 1 fully saturated rings. The van der Waals surface area contributed by atoms with Crippen LogP contribution in [-0.2, 0) is 0 Å². The predicted octanol–water partition coefficient (Wildman–Crippen LogP) is 4.13. The molecule has 8 heteroatoms. The second-order valence-electron chi connectivity index (χ2n) is 7.32. The smallest absolute Gasteiger partial charge is 0.264 e. The number of carbonyl (C=O) groups excluding carboxylic acids is 1. The zero-order valence-corrected chi connectivity index (χ0v) is 17.9. The SMILES string of the molecule is Cc1occc1-c1nc(N2CCN(C(=O)c3cccs3)CC2)ncc1-c1ccncc1. The molecule has 1 aliphatic rings. The molecule has 0 radical (unpaired) electrons. The van der Waals surface area contributed by atoms with E-state index in [0.29, 0.717) is 32.1 Å². The van der Waals surface area contributed by atoms with Crippen molar-refractivity contribution in [2.75, 3.05) is 31.1 Å². The zero-order chi connectivity index (χ0) is 21.2. The molecule has 5 heterocycles. The Morgan fingerprint density at radius 1 is 1.06 bits per heavy atom. The number of nitrogens with zero attached hydrogens (tertiary/aromatic N) is 5. The molecule has 0 spiro atoms. The van der Waals surface area contributed by atoms with Crippen LogP contribution in [0.15, 0.2) is 65.0 Å². The zero-order valence-electron chi connectivity index (χ0n) is 17.1. The number of rotatable bonds is 4. The second kappa shape index (κ2) is 8.31. The number of carbonyl (C=O) groups is 1. The number of furan rings is 1. The first-order valence-electron chi connectivity index (χ1n) is 10.1. The van der Waals surface area contributed by atoms with Crippen molar-refractivity contribution in [3.05, 3.63) is 71.2 Å². The molecule has 0 bridgehead atoms. The second-order valence-corrected chi connectivity index (χ2v) is 8.26. The molecular weight excluding hydrogens is 410 g/mol.